The van der Waals surface area contributed by atoms with E-state index in [2.05, 4.69) is 10.1 Å². The third-order valence-corrected chi connectivity index (χ3v) is 2.06. The van der Waals surface area contributed by atoms with E-state index in [1.54, 1.807) is 0 Å². The molecule has 0 bridgehead atoms. The Morgan fingerprint density at radius 2 is 2.18 bits per heavy atom. The lowest BCUT2D eigenvalue weighted by molar-refractivity contribution is -0.136. The number of hydrogen-bond acceptors (Lipinski definition) is 4. The largest absolute Gasteiger partial charge is 0.449 e. The number of carbonyl (C=O) groups is 1. The molecule has 11 heavy (non-hydrogen) atoms. The Bertz CT molecular complexity index is 124. The maximum absolute atomic E-state index is 9.94. The van der Waals surface area contributed by atoms with Gasteiger partial charge in [0.05, 0.1) is 0 Å². The predicted molar refractivity (Wildman–Crippen MR) is 40.7 cm³/mol. The summed E-state index contributed by atoms with van der Waals surface area (Å²) >= 11 is 0. The first-order chi connectivity index (χ1) is 5.34. The van der Waals surface area contributed by atoms with Gasteiger partial charge in [0.2, 0.25) is 0 Å². The van der Waals surface area contributed by atoms with E-state index in [0.29, 0.717) is 12.4 Å². The SMILES string of the molecule is NC(OC=O)C1CCNCC1. The zero-order valence-electron chi connectivity index (χ0n) is 6.45. The van der Waals surface area contributed by atoms with Gasteiger partial charge in [-0.15, -0.1) is 0 Å². The van der Waals surface area contributed by atoms with E-state index in [0.717, 1.165) is 25.9 Å². The molecular formula is C7H14N2O2. The summed E-state index contributed by atoms with van der Waals surface area (Å²) in [6.07, 6.45) is 1.58. The van der Waals surface area contributed by atoms with Crippen molar-refractivity contribution in [2.24, 2.45) is 11.7 Å². The third-order valence-electron chi connectivity index (χ3n) is 2.06. The quantitative estimate of drug-likeness (QED) is 0.427. The van der Waals surface area contributed by atoms with Gasteiger partial charge < -0.3 is 10.1 Å². The molecule has 0 aromatic rings. The molecule has 1 atom stereocenters. The van der Waals surface area contributed by atoms with Gasteiger partial charge in [0, 0.05) is 5.92 Å². The molecule has 0 spiro atoms. The van der Waals surface area contributed by atoms with Gasteiger partial charge in [-0.1, -0.05) is 0 Å². The summed E-state index contributed by atoms with van der Waals surface area (Å²) in [7, 11) is 0. The van der Waals surface area contributed by atoms with Crippen LogP contribution in [-0.4, -0.2) is 25.8 Å². The van der Waals surface area contributed by atoms with E-state index in [-0.39, 0.29) is 0 Å². The summed E-state index contributed by atoms with van der Waals surface area (Å²) in [5, 5.41) is 3.21. The van der Waals surface area contributed by atoms with Crippen LogP contribution in [0.1, 0.15) is 12.8 Å². The van der Waals surface area contributed by atoms with Crippen molar-refractivity contribution < 1.29 is 9.53 Å². The zero-order valence-corrected chi connectivity index (χ0v) is 6.45. The van der Waals surface area contributed by atoms with Gasteiger partial charge >= 0.3 is 0 Å². The number of carbonyl (C=O) groups excluding carboxylic acids is 1. The first-order valence-corrected chi connectivity index (χ1v) is 3.90. The fraction of sp³-hybridized carbons (Fsp3) is 0.857. The highest BCUT2D eigenvalue weighted by Crippen LogP contribution is 2.14. The van der Waals surface area contributed by atoms with Gasteiger partial charge in [0.25, 0.3) is 6.47 Å². The van der Waals surface area contributed by atoms with Crippen molar-refractivity contribution in [3.63, 3.8) is 0 Å². The molecular weight excluding hydrogens is 144 g/mol. The molecule has 4 heteroatoms. The minimum Gasteiger partial charge on any atom is -0.449 e. The standard InChI is InChI=1S/C7H14N2O2/c8-7(11-5-10)6-1-3-9-4-2-6/h5-7,9H,1-4,8H2. The van der Waals surface area contributed by atoms with Crippen molar-refractivity contribution in [3.05, 3.63) is 0 Å². The summed E-state index contributed by atoms with van der Waals surface area (Å²) < 4.78 is 4.65. The molecule has 1 rings (SSSR count). The van der Waals surface area contributed by atoms with Gasteiger partial charge in [-0.2, -0.15) is 0 Å². The first-order valence-electron chi connectivity index (χ1n) is 3.90. The highest BCUT2D eigenvalue weighted by Gasteiger charge is 2.20. The fourth-order valence-electron chi connectivity index (χ4n) is 1.35. The third kappa shape index (κ3) is 2.48. The summed E-state index contributed by atoms with van der Waals surface area (Å²) in [5.41, 5.74) is 5.58. The summed E-state index contributed by atoms with van der Waals surface area (Å²) in [5.74, 6) is 0.335. The lowest BCUT2D eigenvalue weighted by Gasteiger charge is -2.26. The molecule has 0 amide bonds. The maximum Gasteiger partial charge on any atom is 0.294 e. The summed E-state index contributed by atoms with van der Waals surface area (Å²) in [6.45, 7) is 2.37. The van der Waals surface area contributed by atoms with Crippen LogP contribution in [0.15, 0.2) is 0 Å². The molecule has 1 aliphatic rings. The second kappa shape index (κ2) is 4.31. The van der Waals surface area contributed by atoms with Crippen molar-refractivity contribution in [3.8, 4) is 0 Å². The highest BCUT2D eigenvalue weighted by molar-refractivity contribution is 5.37. The molecule has 3 N–H and O–H groups in total. The van der Waals surface area contributed by atoms with Crippen LogP contribution >= 0.6 is 0 Å². The van der Waals surface area contributed by atoms with E-state index < -0.39 is 6.23 Å². The van der Waals surface area contributed by atoms with Crippen molar-refractivity contribution in [2.75, 3.05) is 13.1 Å². The van der Waals surface area contributed by atoms with Gasteiger partial charge in [-0.05, 0) is 25.9 Å². The number of piperidine rings is 1. The Kier molecular flexibility index (Phi) is 3.32. The highest BCUT2D eigenvalue weighted by atomic mass is 16.5. The number of nitrogens with one attached hydrogen (secondary N) is 1. The molecule has 1 aliphatic heterocycles. The average Bonchev–Trinajstić information content (AvgIpc) is 2.07. The number of hydrogen-bond donors (Lipinski definition) is 2. The normalized spacial score (nSPS) is 22.6. The van der Waals surface area contributed by atoms with E-state index in [4.69, 9.17) is 5.73 Å². The molecule has 1 fully saturated rings. The zero-order chi connectivity index (χ0) is 8.10. The summed E-state index contributed by atoms with van der Waals surface area (Å²) in [6, 6.07) is 0. The average molecular weight is 158 g/mol. The van der Waals surface area contributed by atoms with Crippen LogP contribution in [0.3, 0.4) is 0 Å². The lowest BCUT2D eigenvalue weighted by atomic mass is 9.97. The second-order valence-electron chi connectivity index (χ2n) is 2.78. The molecule has 1 heterocycles. The van der Waals surface area contributed by atoms with Crippen LogP contribution < -0.4 is 11.1 Å². The topological polar surface area (TPSA) is 64.3 Å². The Labute approximate surface area is 66.1 Å². The van der Waals surface area contributed by atoms with Crippen LogP contribution in [0.2, 0.25) is 0 Å². The van der Waals surface area contributed by atoms with Crippen LogP contribution in [0.25, 0.3) is 0 Å². The molecule has 64 valence electrons. The first kappa shape index (κ1) is 8.49. The smallest absolute Gasteiger partial charge is 0.294 e. The van der Waals surface area contributed by atoms with Gasteiger partial charge in [0.1, 0.15) is 0 Å². The van der Waals surface area contributed by atoms with Gasteiger partial charge in [0.15, 0.2) is 6.23 Å². The minimum absolute atomic E-state index is 0.335. The molecule has 1 unspecified atom stereocenters. The molecule has 0 radical (unpaired) electrons. The minimum atomic E-state index is -0.408. The van der Waals surface area contributed by atoms with Crippen molar-refractivity contribution >= 4 is 6.47 Å². The number of rotatable bonds is 3. The van der Waals surface area contributed by atoms with Gasteiger partial charge in [-0.25, -0.2) is 0 Å². The van der Waals surface area contributed by atoms with Crippen molar-refractivity contribution in [1.29, 1.82) is 0 Å². The van der Waals surface area contributed by atoms with E-state index in [9.17, 15) is 4.79 Å². The molecule has 0 aromatic carbocycles. The van der Waals surface area contributed by atoms with Crippen LogP contribution in [0.4, 0.5) is 0 Å². The predicted octanol–water partition coefficient (Wildman–Crippen LogP) is -0.556. The van der Waals surface area contributed by atoms with E-state index >= 15 is 0 Å². The van der Waals surface area contributed by atoms with Crippen LogP contribution in [0.5, 0.6) is 0 Å². The van der Waals surface area contributed by atoms with Gasteiger partial charge in [-0.3, -0.25) is 10.5 Å². The Morgan fingerprint density at radius 1 is 1.55 bits per heavy atom. The molecule has 4 nitrogen and oxygen atoms in total. The van der Waals surface area contributed by atoms with Crippen LogP contribution in [-0.2, 0) is 9.53 Å². The Balaban J connectivity index is 2.26. The lowest BCUT2D eigenvalue weighted by Crippen LogP contribution is -2.39. The molecule has 1 saturated heterocycles. The monoisotopic (exact) mass is 158 g/mol. The Morgan fingerprint density at radius 3 is 2.73 bits per heavy atom. The summed E-state index contributed by atoms with van der Waals surface area (Å²) in [4.78, 5) is 9.94. The molecule has 0 aromatic heterocycles. The fourth-order valence-corrected chi connectivity index (χ4v) is 1.35. The Hall–Kier alpha value is -0.610. The molecule has 0 saturated carbocycles. The van der Waals surface area contributed by atoms with Crippen LogP contribution in [0, 0.1) is 5.92 Å². The molecule has 0 aliphatic carbocycles. The second-order valence-corrected chi connectivity index (χ2v) is 2.78. The van der Waals surface area contributed by atoms with E-state index in [1.165, 1.54) is 0 Å². The number of nitrogens with two attached hydrogens (primary N) is 1. The number of ether oxygens (including phenoxy) is 1. The van der Waals surface area contributed by atoms with Crippen molar-refractivity contribution in [2.45, 2.75) is 19.1 Å². The van der Waals surface area contributed by atoms with E-state index in [1.807, 2.05) is 0 Å². The maximum atomic E-state index is 9.94. The van der Waals surface area contributed by atoms with Crippen molar-refractivity contribution in [1.82, 2.24) is 5.32 Å².